The molecule has 0 fully saturated rings. The van der Waals surface area contributed by atoms with E-state index in [2.05, 4.69) is 9.72 Å². The fraction of sp³-hybridized carbons (Fsp3) is 0.375. The number of hydrogen-bond donors (Lipinski definition) is 1. The molecule has 0 aromatic carbocycles. The van der Waals surface area contributed by atoms with E-state index in [-0.39, 0.29) is 12.1 Å². The Morgan fingerprint density at radius 1 is 1.53 bits per heavy atom. The Balaban J connectivity index is 3.11. The van der Waals surface area contributed by atoms with Gasteiger partial charge in [0.05, 0.1) is 0 Å². The van der Waals surface area contributed by atoms with Crippen LogP contribution in [0, 0.1) is 10.6 Å². The average Bonchev–Trinajstić information content (AvgIpc) is 2.08. The molecule has 0 aliphatic rings. The summed E-state index contributed by atoms with van der Waals surface area (Å²) in [6.45, 7) is 1.70. The lowest BCUT2D eigenvalue weighted by molar-refractivity contribution is -0.276. The molecule has 84 valence electrons. The minimum atomic E-state index is -4.74. The standard InChI is InChI=1S/C8H8F3IN2O/c1-4-2-5(3-13)7(14-6(4)12)15-8(9,10)11/h2H,3,13H2,1H3. The SMILES string of the molecule is Cc1cc(CN)c(OC(F)(F)F)nc1I. The van der Waals surface area contributed by atoms with E-state index in [1.165, 1.54) is 6.07 Å². The third kappa shape index (κ3) is 3.49. The van der Waals surface area contributed by atoms with Crippen molar-refractivity contribution < 1.29 is 17.9 Å². The molecule has 1 heterocycles. The molecule has 1 aromatic rings. The summed E-state index contributed by atoms with van der Waals surface area (Å²) >= 11 is 1.84. The van der Waals surface area contributed by atoms with Crippen molar-refractivity contribution in [3.8, 4) is 5.88 Å². The van der Waals surface area contributed by atoms with Crippen LogP contribution in [0.5, 0.6) is 5.88 Å². The number of aryl methyl sites for hydroxylation is 1. The van der Waals surface area contributed by atoms with Crippen LogP contribution in [-0.2, 0) is 6.54 Å². The van der Waals surface area contributed by atoms with E-state index >= 15 is 0 Å². The van der Waals surface area contributed by atoms with Crippen LogP contribution >= 0.6 is 22.6 Å². The summed E-state index contributed by atoms with van der Waals surface area (Å²) in [4.78, 5) is 3.69. The summed E-state index contributed by atoms with van der Waals surface area (Å²) in [7, 11) is 0. The second-order valence-corrected chi connectivity index (χ2v) is 3.83. The Morgan fingerprint density at radius 2 is 2.13 bits per heavy atom. The number of aromatic nitrogens is 1. The maximum absolute atomic E-state index is 12.0. The molecule has 1 rings (SSSR count). The molecule has 15 heavy (non-hydrogen) atoms. The molecule has 2 N–H and O–H groups in total. The van der Waals surface area contributed by atoms with Gasteiger partial charge >= 0.3 is 6.36 Å². The van der Waals surface area contributed by atoms with Crippen molar-refractivity contribution in [3.05, 3.63) is 20.9 Å². The second kappa shape index (κ2) is 4.52. The van der Waals surface area contributed by atoms with Gasteiger partial charge in [-0.2, -0.15) is 0 Å². The van der Waals surface area contributed by atoms with Gasteiger partial charge in [-0.1, -0.05) is 0 Å². The number of pyridine rings is 1. The van der Waals surface area contributed by atoms with E-state index in [1.807, 2.05) is 22.6 Å². The molecule has 3 nitrogen and oxygen atoms in total. The fourth-order valence-corrected chi connectivity index (χ4v) is 1.35. The van der Waals surface area contributed by atoms with Crippen molar-refractivity contribution >= 4 is 22.6 Å². The van der Waals surface area contributed by atoms with Crippen molar-refractivity contribution in [1.29, 1.82) is 0 Å². The molecule has 0 radical (unpaired) electrons. The Labute approximate surface area is 98.0 Å². The Kier molecular flexibility index (Phi) is 3.77. The Hall–Kier alpha value is -0.570. The zero-order valence-corrected chi connectivity index (χ0v) is 9.89. The number of rotatable bonds is 2. The summed E-state index contributed by atoms with van der Waals surface area (Å²) in [6.07, 6.45) is -4.74. The molecule has 0 atom stereocenters. The fourth-order valence-electron chi connectivity index (χ4n) is 0.976. The monoisotopic (exact) mass is 332 g/mol. The normalized spacial score (nSPS) is 11.6. The predicted octanol–water partition coefficient (Wildman–Crippen LogP) is 2.35. The first kappa shape index (κ1) is 12.5. The van der Waals surface area contributed by atoms with Gasteiger partial charge in [-0.15, -0.1) is 13.2 Å². The minimum absolute atomic E-state index is 0.0455. The molecular formula is C8H8F3IN2O. The largest absolute Gasteiger partial charge is 0.574 e. The van der Waals surface area contributed by atoms with Crippen LogP contribution in [0.3, 0.4) is 0 Å². The lowest BCUT2D eigenvalue weighted by atomic mass is 10.2. The van der Waals surface area contributed by atoms with Crippen LogP contribution in [0.4, 0.5) is 13.2 Å². The number of nitrogens with two attached hydrogens (primary N) is 1. The number of ether oxygens (including phenoxy) is 1. The summed E-state index contributed by atoms with van der Waals surface area (Å²) in [6, 6.07) is 1.54. The highest BCUT2D eigenvalue weighted by Crippen LogP contribution is 2.26. The number of nitrogens with zero attached hydrogens (tertiary/aromatic N) is 1. The quantitative estimate of drug-likeness (QED) is 0.668. The lowest BCUT2D eigenvalue weighted by Gasteiger charge is -2.12. The van der Waals surface area contributed by atoms with Gasteiger partial charge < -0.3 is 10.5 Å². The highest BCUT2D eigenvalue weighted by molar-refractivity contribution is 14.1. The van der Waals surface area contributed by atoms with Crippen molar-refractivity contribution in [2.75, 3.05) is 0 Å². The molecule has 0 amide bonds. The summed E-state index contributed by atoms with van der Waals surface area (Å²) in [5.74, 6) is -0.472. The van der Waals surface area contributed by atoms with Crippen LogP contribution < -0.4 is 10.5 Å². The molecule has 0 unspecified atom stereocenters. The number of hydrogen-bond acceptors (Lipinski definition) is 3. The molecule has 1 aromatic heterocycles. The van der Waals surface area contributed by atoms with E-state index in [1.54, 1.807) is 6.92 Å². The third-order valence-corrected chi connectivity index (χ3v) is 2.71. The summed E-state index contributed by atoms with van der Waals surface area (Å²) < 4.78 is 40.2. The first-order chi connectivity index (χ1) is 6.83. The van der Waals surface area contributed by atoms with Gasteiger partial charge in [0.1, 0.15) is 3.70 Å². The Morgan fingerprint density at radius 3 is 2.60 bits per heavy atom. The van der Waals surface area contributed by atoms with Gasteiger partial charge in [0.25, 0.3) is 0 Å². The van der Waals surface area contributed by atoms with Crippen LogP contribution in [0.1, 0.15) is 11.1 Å². The third-order valence-electron chi connectivity index (χ3n) is 1.62. The lowest BCUT2D eigenvalue weighted by Crippen LogP contribution is -2.20. The van der Waals surface area contributed by atoms with E-state index in [0.717, 1.165) is 5.56 Å². The van der Waals surface area contributed by atoms with Gasteiger partial charge in [-0.25, -0.2) is 4.98 Å². The number of alkyl halides is 3. The van der Waals surface area contributed by atoms with Gasteiger partial charge in [0.2, 0.25) is 5.88 Å². The van der Waals surface area contributed by atoms with Crippen LogP contribution in [0.15, 0.2) is 6.07 Å². The zero-order valence-electron chi connectivity index (χ0n) is 7.73. The maximum Gasteiger partial charge on any atom is 0.574 e. The zero-order chi connectivity index (χ0) is 11.6. The molecule has 0 saturated heterocycles. The van der Waals surface area contributed by atoms with Crippen LogP contribution in [0.25, 0.3) is 0 Å². The number of halogens is 4. The van der Waals surface area contributed by atoms with Crippen molar-refractivity contribution in [3.63, 3.8) is 0 Å². The molecule has 0 aliphatic heterocycles. The molecule has 0 saturated carbocycles. The first-order valence-corrected chi connectivity index (χ1v) is 5.03. The van der Waals surface area contributed by atoms with E-state index in [9.17, 15) is 13.2 Å². The van der Waals surface area contributed by atoms with Crippen molar-refractivity contribution in [2.45, 2.75) is 19.8 Å². The van der Waals surface area contributed by atoms with E-state index in [4.69, 9.17) is 5.73 Å². The smallest absolute Gasteiger partial charge is 0.387 e. The summed E-state index contributed by atoms with van der Waals surface area (Å²) in [5.41, 5.74) is 6.31. The topological polar surface area (TPSA) is 48.1 Å². The summed E-state index contributed by atoms with van der Waals surface area (Å²) in [5, 5.41) is 0. The molecule has 0 bridgehead atoms. The highest BCUT2D eigenvalue weighted by atomic mass is 127. The maximum atomic E-state index is 12.0. The van der Waals surface area contributed by atoms with E-state index < -0.39 is 12.2 Å². The van der Waals surface area contributed by atoms with Crippen LogP contribution in [0.2, 0.25) is 0 Å². The molecule has 0 spiro atoms. The van der Waals surface area contributed by atoms with Gasteiger partial charge in [0.15, 0.2) is 0 Å². The van der Waals surface area contributed by atoms with Crippen molar-refractivity contribution in [1.82, 2.24) is 4.98 Å². The predicted molar refractivity (Wildman–Crippen MR) is 56.3 cm³/mol. The van der Waals surface area contributed by atoms with Gasteiger partial charge in [-0.3, -0.25) is 0 Å². The first-order valence-electron chi connectivity index (χ1n) is 3.95. The van der Waals surface area contributed by atoms with Gasteiger partial charge in [0, 0.05) is 12.1 Å². The Bertz CT molecular complexity index is 368. The average molecular weight is 332 g/mol. The second-order valence-electron chi connectivity index (χ2n) is 2.81. The molecular weight excluding hydrogens is 324 g/mol. The molecule has 0 aliphatic carbocycles. The van der Waals surface area contributed by atoms with Crippen LogP contribution in [-0.4, -0.2) is 11.3 Å². The van der Waals surface area contributed by atoms with E-state index in [0.29, 0.717) is 3.70 Å². The minimum Gasteiger partial charge on any atom is -0.387 e. The molecule has 7 heteroatoms. The van der Waals surface area contributed by atoms with Gasteiger partial charge in [-0.05, 0) is 41.1 Å². The van der Waals surface area contributed by atoms with Crippen molar-refractivity contribution in [2.24, 2.45) is 5.73 Å². The highest BCUT2D eigenvalue weighted by Gasteiger charge is 2.33.